The first-order valence-corrected chi connectivity index (χ1v) is 24.1. The largest absolute Gasteiger partial charge is 0.544 e. The van der Waals surface area contributed by atoms with E-state index in [-0.39, 0.29) is 42.7 Å². The van der Waals surface area contributed by atoms with Gasteiger partial charge in [-0.3, -0.25) is 9.59 Å². The topological polar surface area (TPSA) is 102 Å². The molecule has 0 aliphatic rings. The third-order valence-electron chi connectivity index (χ3n) is 10.3. The standard InChI is InChI=1S/C53H89NO7/c1-6-8-10-12-14-16-18-20-22-23-24-25-26-27-28-29-30-32-33-35-37-39-41-43-51(55)60-48-49(47-59-46-45-50(53(57)58)54(3,4)5)61-52(56)44-42-40-38-36-34-31-21-19-17-15-13-11-9-7-2/h8,10,14,16,20,22,24-25,27-28,30-32,34,49-50H,6-7,9,11-13,15,17-19,21,23,26,29,33,35-48H2,1-5H3/b10-8+,16-14+,22-20+,25-24+,28-27+,32-30+,34-31+. The van der Waals surface area contributed by atoms with Crippen LogP contribution in [0, 0.1) is 0 Å². The molecule has 0 rings (SSSR count). The Morgan fingerprint density at radius 2 is 0.918 bits per heavy atom. The maximum absolute atomic E-state index is 12.7. The molecule has 0 aliphatic carbocycles. The number of ether oxygens (including phenoxy) is 3. The number of nitrogens with zero attached hydrogens (tertiary/aromatic N) is 1. The lowest BCUT2D eigenvalue weighted by molar-refractivity contribution is -0.889. The molecule has 2 unspecified atom stereocenters. The highest BCUT2D eigenvalue weighted by atomic mass is 16.6. The number of carboxylic acid groups (broad SMARTS) is 1. The van der Waals surface area contributed by atoms with Crippen molar-refractivity contribution >= 4 is 17.9 Å². The zero-order valence-electron chi connectivity index (χ0n) is 39.5. The lowest BCUT2D eigenvalue weighted by Gasteiger charge is -2.34. The summed E-state index contributed by atoms with van der Waals surface area (Å²) in [5.74, 6) is -1.80. The lowest BCUT2D eigenvalue weighted by atomic mass is 10.1. The first-order chi connectivity index (χ1) is 29.6. The number of allylic oxidation sites excluding steroid dienone is 14. The van der Waals surface area contributed by atoms with Crippen molar-refractivity contribution in [1.29, 1.82) is 0 Å². The van der Waals surface area contributed by atoms with Crippen LogP contribution in [0.2, 0.25) is 0 Å². The molecule has 0 aliphatic heterocycles. The summed E-state index contributed by atoms with van der Waals surface area (Å²) >= 11 is 0. The summed E-state index contributed by atoms with van der Waals surface area (Å²) in [6, 6.07) is -0.736. The van der Waals surface area contributed by atoms with E-state index in [1.807, 2.05) is 0 Å². The molecule has 0 aromatic heterocycles. The number of unbranched alkanes of at least 4 members (excludes halogenated alkanes) is 14. The van der Waals surface area contributed by atoms with Crippen molar-refractivity contribution in [3.05, 3.63) is 85.1 Å². The zero-order valence-corrected chi connectivity index (χ0v) is 39.5. The number of hydrogen-bond donors (Lipinski definition) is 0. The van der Waals surface area contributed by atoms with Crippen LogP contribution in [-0.4, -0.2) is 75.5 Å². The molecule has 0 aromatic carbocycles. The van der Waals surface area contributed by atoms with Crippen molar-refractivity contribution in [3.63, 3.8) is 0 Å². The fourth-order valence-corrected chi connectivity index (χ4v) is 6.54. The number of aliphatic carboxylic acids is 1. The van der Waals surface area contributed by atoms with Crippen LogP contribution < -0.4 is 5.11 Å². The van der Waals surface area contributed by atoms with E-state index in [4.69, 9.17) is 14.2 Å². The second-order valence-corrected chi connectivity index (χ2v) is 17.0. The molecule has 0 radical (unpaired) electrons. The van der Waals surface area contributed by atoms with Gasteiger partial charge in [-0.1, -0.05) is 157 Å². The predicted octanol–water partition coefficient (Wildman–Crippen LogP) is 12.4. The molecule has 61 heavy (non-hydrogen) atoms. The number of hydrogen-bond acceptors (Lipinski definition) is 7. The molecule has 0 fully saturated rings. The second kappa shape index (κ2) is 43.2. The number of quaternary nitrogens is 1. The molecule has 348 valence electrons. The van der Waals surface area contributed by atoms with Gasteiger partial charge in [0, 0.05) is 19.3 Å². The molecule has 8 heteroatoms. The molecule has 0 saturated carbocycles. The quantitative estimate of drug-likeness (QED) is 0.0261. The average molecular weight is 852 g/mol. The first kappa shape index (κ1) is 57.5. The average Bonchev–Trinajstić information content (AvgIpc) is 3.22. The van der Waals surface area contributed by atoms with Gasteiger partial charge in [0.1, 0.15) is 12.6 Å². The molecule has 0 N–H and O–H groups in total. The molecular formula is C53H89NO7. The highest BCUT2D eigenvalue weighted by Crippen LogP contribution is 2.13. The Bertz CT molecular complexity index is 1270. The van der Waals surface area contributed by atoms with Gasteiger partial charge in [-0.2, -0.15) is 0 Å². The van der Waals surface area contributed by atoms with Crippen LogP contribution in [0.15, 0.2) is 85.1 Å². The summed E-state index contributed by atoms with van der Waals surface area (Å²) in [5.41, 5.74) is 0. The fraction of sp³-hybridized carbons (Fsp3) is 0.679. The molecule has 8 nitrogen and oxygen atoms in total. The lowest BCUT2D eigenvalue weighted by Crippen LogP contribution is -2.55. The molecule has 0 saturated heterocycles. The number of carboxylic acids is 1. The number of esters is 2. The highest BCUT2D eigenvalue weighted by molar-refractivity contribution is 5.70. The van der Waals surface area contributed by atoms with Gasteiger partial charge in [0.2, 0.25) is 0 Å². The van der Waals surface area contributed by atoms with Crippen molar-refractivity contribution in [1.82, 2.24) is 0 Å². The zero-order chi connectivity index (χ0) is 44.9. The summed E-state index contributed by atoms with van der Waals surface area (Å²) in [7, 11) is 5.39. The van der Waals surface area contributed by atoms with Gasteiger partial charge < -0.3 is 28.6 Å². The van der Waals surface area contributed by atoms with Gasteiger partial charge in [0.15, 0.2) is 6.10 Å². The summed E-state index contributed by atoms with van der Waals surface area (Å²) < 4.78 is 17.2. The normalized spacial score (nSPS) is 13.7. The number of carbonyl (C=O) groups excluding carboxylic acids is 3. The van der Waals surface area contributed by atoms with Crippen LogP contribution in [0.4, 0.5) is 0 Å². The summed E-state index contributed by atoms with van der Waals surface area (Å²) in [6.45, 7) is 4.49. The smallest absolute Gasteiger partial charge is 0.306 e. The second-order valence-electron chi connectivity index (χ2n) is 17.0. The Kier molecular flexibility index (Phi) is 40.7. The van der Waals surface area contributed by atoms with Crippen LogP contribution in [0.5, 0.6) is 0 Å². The van der Waals surface area contributed by atoms with Crippen LogP contribution in [0.1, 0.15) is 181 Å². The van der Waals surface area contributed by atoms with Crippen LogP contribution in [-0.2, 0) is 28.6 Å². The van der Waals surface area contributed by atoms with Crippen LogP contribution in [0.3, 0.4) is 0 Å². The Morgan fingerprint density at radius 1 is 0.508 bits per heavy atom. The number of rotatable bonds is 42. The molecule has 0 spiro atoms. The van der Waals surface area contributed by atoms with E-state index in [9.17, 15) is 19.5 Å². The Morgan fingerprint density at radius 3 is 1.39 bits per heavy atom. The third kappa shape index (κ3) is 41.6. The molecule has 0 heterocycles. The van der Waals surface area contributed by atoms with Crippen molar-refractivity contribution in [2.24, 2.45) is 0 Å². The van der Waals surface area contributed by atoms with E-state index in [0.717, 1.165) is 103 Å². The van der Waals surface area contributed by atoms with Gasteiger partial charge >= 0.3 is 11.9 Å². The Hall–Kier alpha value is -3.49. The van der Waals surface area contributed by atoms with Gasteiger partial charge in [0.25, 0.3) is 0 Å². The molecule has 0 aromatic rings. The van der Waals surface area contributed by atoms with E-state index < -0.39 is 18.1 Å². The van der Waals surface area contributed by atoms with Gasteiger partial charge in [-0.15, -0.1) is 0 Å². The number of carbonyl (C=O) groups is 3. The summed E-state index contributed by atoms with van der Waals surface area (Å²) in [6.07, 6.45) is 56.1. The van der Waals surface area contributed by atoms with Crippen molar-refractivity contribution in [3.8, 4) is 0 Å². The monoisotopic (exact) mass is 852 g/mol. The van der Waals surface area contributed by atoms with E-state index in [0.29, 0.717) is 12.8 Å². The molecule has 0 bridgehead atoms. The Balaban J connectivity index is 4.35. The molecule has 0 amide bonds. The van der Waals surface area contributed by atoms with Gasteiger partial charge in [-0.25, -0.2) is 0 Å². The SMILES string of the molecule is CC/C=C/C/C=C/C/C=C/C/C=C/C/C=C/C/C=C/CCCCCCC(=O)OCC(COCCC(C(=O)[O-])[N+](C)(C)C)OC(=O)CCCCC/C=C/CCCCCCCCC. The molecular weight excluding hydrogens is 763 g/mol. The first-order valence-electron chi connectivity index (χ1n) is 24.1. The summed E-state index contributed by atoms with van der Waals surface area (Å²) in [4.78, 5) is 36.9. The maximum Gasteiger partial charge on any atom is 0.306 e. The van der Waals surface area contributed by atoms with Crippen LogP contribution in [0.25, 0.3) is 0 Å². The minimum absolute atomic E-state index is 0.0219. The Labute approximate surface area is 373 Å². The van der Waals surface area contributed by atoms with E-state index >= 15 is 0 Å². The van der Waals surface area contributed by atoms with E-state index in [1.165, 1.54) is 44.9 Å². The fourth-order valence-electron chi connectivity index (χ4n) is 6.54. The maximum atomic E-state index is 12.7. The van der Waals surface area contributed by atoms with E-state index in [2.05, 4.69) is 98.9 Å². The molecule has 2 atom stereocenters. The minimum atomic E-state index is -1.13. The van der Waals surface area contributed by atoms with Crippen molar-refractivity contribution in [2.45, 2.75) is 193 Å². The summed E-state index contributed by atoms with van der Waals surface area (Å²) in [5, 5.41) is 11.6. The van der Waals surface area contributed by atoms with Crippen molar-refractivity contribution < 1.29 is 38.2 Å². The van der Waals surface area contributed by atoms with Gasteiger partial charge in [-0.05, 0) is 89.9 Å². The van der Waals surface area contributed by atoms with Crippen molar-refractivity contribution in [2.75, 3.05) is 41.0 Å². The third-order valence-corrected chi connectivity index (χ3v) is 10.3. The highest BCUT2D eigenvalue weighted by Gasteiger charge is 2.25. The van der Waals surface area contributed by atoms with Crippen LogP contribution >= 0.6 is 0 Å². The predicted molar refractivity (Wildman–Crippen MR) is 254 cm³/mol. The van der Waals surface area contributed by atoms with E-state index in [1.54, 1.807) is 21.1 Å². The van der Waals surface area contributed by atoms with Gasteiger partial charge in [0.05, 0.1) is 40.3 Å². The number of likely N-dealkylation sites (N-methyl/N-ethyl adjacent to an activating group) is 1. The minimum Gasteiger partial charge on any atom is -0.544 e.